The molecule has 5 rings (SSSR count). The molecular weight excluding hydrogens is 330 g/mol. The van der Waals surface area contributed by atoms with Crippen LogP contribution in [0.1, 0.15) is 12.8 Å². The fourth-order valence-corrected chi connectivity index (χ4v) is 4.34. The maximum atomic E-state index is 5.42. The summed E-state index contributed by atoms with van der Waals surface area (Å²) in [5.74, 6) is 3.12. The lowest BCUT2D eigenvalue weighted by Gasteiger charge is -2.39. The molecular formula is C18H21N7O. The van der Waals surface area contributed by atoms with Crippen molar-refractivity contribution in [3.63, 3.8) is 0 Å². The third-order valence-corrected chi connectivity index (χ3v) is 5.58. The Balaban J connectivity index is 1.47. The summed E-state index contributed by atoms with van der Waals surface area (Å²) in [6, 6.07) is 2.44. The first-order valence-electron chi connectivity index (χ1n) is 9.00. The highest BCUT2D eigenvalue weighted by atomic mass is 16.5. The first-order valence-corrected chi connectivity index (χ1v) is 9.00. The Morgan fingerprint density at radius 1 is 1.00 bits per heavy atom. The fourth-order valence-electron chi connectivity index (χ4n) is 4.34. The molecule has 26 heavy (non-hydrogen) atoms. The van der Waals surface area contributed by atoms with Crippen LogP contribution < -0.4 is 14.5 Å². The molecule has 0 N–H and O–H groups in total. The maximum absolute atomic E-state index is 5.42. The monoisotopic (exact) mass is 351 g/mol. The minimum absolute atomic E-state index is 0.407. The standard InChI is InChI=1S/C18H21N7O/c1-26-18-17(19-6-7-21-18)23-9-3-13-4-10-24(15(13)12-23)16-14-2-5-22-25(14)11-8-20-16/h2,5-8,11,13,15H,3-4,9-10,12H2,1H3. The minimum Gasteiger partial charge on any atom is -0.478 e. The van der Waals surface area contributed by atoms with E-state index < -0.39 is 0 Å². The third-order valence-electron chi connectivity index (χ3n) is 5.58. The topological polar surface area (TPSA) is 71.7 Å². The lowest BCUT2D eigenvalue weighted by atomic mass is 9.92. The second kappa shape index (κ2) is 6.12. The van der Waals surface area contributed by atoms with Gasteiger partial charge in [-0.05, 0) is 24.8 Å². The molecule has 2 atom stereocenters. The maximum Gasteiger partial charge on any atom is 0.257 e. The lowest BCUT2D eigenvalue weighted by molar-refractivity contribution is 0.371. The Morgan fingerprint density at radius 3 is 2.77 bits per heavy atom. The molecule has 0 aromatic carbocycles. The van der Waals surface area contributed by atoms with E-state index in [9.17, 15) is 0 Å². The molecule has 0 aliphatic carbocycles. The number of aromatic nitrogens is 5. The van der Waals surface area contributed by atoms with Gasteiger partial charge >= 0.3 is 0 Å². The Hall–Kier alpha value is -2.90. The molecule has 8 heteroatoms. The molecule has 5 heterocycles. The van der Waals surface area contributed by atoms with E-state index in [1.165, 1.54) is 6.42 Å². The van der Waals surface area contributed by atoms with E-state index in [0.29, 0.717) is 17.8 Å². The smallest absolute Gasteiger partial charge is 0.257 e. The molecule has 2 unspecified atom stereocenters. The molecule has 0 saturated carbocycles. The second-order valence-corrected chi connectivity index (χ2v) is 6.85. The molecule has 0 spiro atoms. The molecule has 3 aromatic rings. The van der Waals surface area contributed by atoms with E-state index in [0.717, 1.165) is 43.2 Å². The molecule has 0 radical (unpaired) electrons. The summed E-state index contributed by atoms with van der Waals surface area (Å²) in [5.41, 5.74) is 1.06. The van der Waals surface area contributed by atoms with Gasteiger partial charge in [0.05, 0.1) is 19.3 Å². The van der Waals surface area contributed by atoms with Gasteiger partial charge in [0.15, 0.2) is 11.6 Å². The van der Waals surface area contributed by atoms with Crippen molar-refractivity contribution in [3.05, 3.63) is 37.1 Å². The normalized spacial score (nSPS) is 22.7. The van der Waals surface area contributed by atoms with Gasteiger partial charge in [-0.1, -0.05) is 0 Å². The van der Waals surface area contributed by atoms with E-state index in [2.05, 4.69) is 29.9 Å². The average Bonchev–Trinajstić information content (AvgIpc) is 3.34. The van der Waals surface area contributed by atoms with Gasteiger partial charge in [0, 0.05) is 44.4 Å². The van der Waals surface area contributed by atoms with Crippen molar-refractivity contribution in [2.45, 2.75) is 18.9 Å². The number of hydrogen-bond acceptors (Lipinski definition) is 7. The minimum atomic E-state index is 0.407. The zero-order chi connectivity index (χ0) is 17.5. The zero-order valence-electron chi connectivity index (χ0n) is 14.7. The van der Waals surface area contributed by atoms with E-state index >= 15 is 0 Å². The summed E-state index contributed by atoms with van der Waals surface area (Å²) >= 11 is 0. The van der Waals surface area contributed by atoms with Crippen molar-refractivity contribution < 1.29 is 4.74 Å². The fraction of sp³-hybridized carbons (Fsp3) is 0.444. The molecule has 134 valence electrons. The largest absolute Gasteiger partial charge is 0.478 e. The van der Waals surface area contributed by atoms with Crippen LogP contribution in [0.5, 0.6) is 5.88 Å². The van der Waals surface area contributed by atoms with Crippen LogP contribution >= 0.6 is 0 Å². The number of piperidine rings is 1. The third kappa shape index (κ3) is 2.36. The summed E-state index contributed by atoms with van der Waals surface area (Å²) in [6.45, 7) is 2.91. The van der Waals surface area contributed by atoms with E-state index in [4.69, 9.17) is 4.74 Å². The van der Waals surface area contributed by atoms with Gasteiger partial charge < -0.3 is 14.5 Å². The first kappa shape index (κ1) is 15.4. The van der Waals surface area contributed by atoms with Gasteiger partial charge in [0.1, 0.15) is 5.52 Å². The number of fused-ring (bicyclic) bond motifs is 2. The van der Waals surface area contributed by atoms with Crippen LogP contribution in [0, 0.1) is 5.92 Å². The number of ether oxygens (including phenoxy) is 1. The van der Waals surface area contributed by atoms with Crippen LogP contribution in [-0.2, 0) is 0 Å². The quantitative estimate of drug-likeness (QED) is 0.710. The predicted octanol–water partition coefficient (Wildman–Crippen LogP) is 1.63. The molecule has 0 amide bonds. The highest BCUT2D eigenvalue weighted by Gasteiger charge is 2.40. The van der Waals surface area contributed by atoms with Crippen LogP contribution in [0.15, 0.2) is 37.1 Å². The first-order chi connectivity index (χ1) is 12.8. The highest BCUT2D eigenvalue weighted by molar-refractivity contribution is 5.69. The SMILES string of the molecule is COc1nccnc1N1CCC2CCN(c3nccn4nccc34)C2C1. The summed E-state index contributed by atoms with van der Waals surface area (Å²) in [5, 5.41) is 4.34. The van der Waals surface area contributed by atoms with Crippen LogP contribution in [0.2, 0.25) is 0 Å². The zero-order valence-corrected chi connectivity index (χ0v) is 14.7. The Bertz CT molecular complexity index is 927. The van der Waals surface area contributed by atoms with Crippen molar-refractivity contribution in [1.82, 2.24) is 24.6 Å². The van der Waals surface area contributed by atoms with Crippen LogP contribution in [0.25, 0.3) is 5.52 Å². The Morgan fingerprint density at radius 2 is 1.85 bits per heavy atom. The molecule has 2 aliphatic rings. The predicted molar refractivity (Wildman–Crippen MR) is 97.6 cm³/mol. The molecule has 2 aliphatic heterocycles. The van der Waals surface area contributed by atoms with Gasteiger partial charge in [-0.2, -0.15) is 5.10 Å². The van der Waals surface area contributed by atoms with Gasteiger partial charge in [-0.25, -0.2) is 19.5 Å². The van der Waals surface area contributed by atoms with Gasteiger partial charge in [-0.3, -0.25) is 0 Å². The van der Waals surface area contributed by atoms with Gasteiger partial charge in [-0.15, -0.1) is 0 Å². The van der Waals surface area contributed by atoms with Gasteiger partial charge in [0.2, 0.25) is 0 Å². The van der Waals surface area contributed by atoms with Crippen molar-refractivity contribution in [2.75, 3.05) is 36.5 Å². The molecule has 8 nitrogen and oxygen atoms in total. The highest BCUT2D eigenvalue weighted by Crippen LogP contribution is 2.37. The van der Waals surface area contributed by atoms with Crippen LogP contribution in [0.3, 0.4) is 0 Å². The number of methoxy groups -OCH3 is 1. The summed E-state index contributed by atoms with van der Waals surface area (Å²) < 4.78 is 7.31. The lowest BCUT2D eigenvalue weighted by Crippen LogP contribution is -2.49. The molecule has 0 bridgehead atoms. The number of rotatable bonds is 3. The van der Waals surface area contributed by atoms with Crippen LogP contribution in [0.4, 0.5) is 11.6 Å². The summed E-state index contributed by atoms with van der Waals surface area (Å²) in [4.78, 5) is 18.2. The summed E-state index contributed by atoms with van der Waals surface area (Å²) in [7, 11) is 1.65. The van der Waals surface area contributed by atoms with E-state index in [1.807, 2.05) is 29.2 Å². The van der Waals surface area contributed by atoms with E-state index in [1.54, 1.807) is 19.5 Å². The van der Waals surface area contributed by atoms with Gasteiger partial charge in [0.25, 0.3) is 5.88 Å². The number of nitrogens with zero attached hydrogens (tertiary/aromatic N) is 7. The van der Waals surface area contributed by atoms with Crippen molar-refractivity contribution in [2.24, 2.45) is 5.92 Å². The molecule has 2 fully saturated rings. The van der Waals surface area contributed by atoms with E-state index in [-0.39, 0.29) is 0 Å². The Labute approximate surface area is 151 Å². The van der Waals surface area contributed by atoms with Crippen molar-refractivity contribution in [1.29, 1.82) is 0 Å². The Kier molecular flexibility index (Phi) is 3.62. The summed E-state index contributed by atoms with van der Waals surface area (Å²) in [6.07, 6.45) is 11.3. The number of hydrogen-bond donors (Lipinski definition) is 0. The van der Waals surface area contributed by atoms with Crippen molar-refractivity contribution in [3.8, 4) is 5.88 Å². The number of anilines is 2. The molecule has 2 saturated heterocycles. The van der Waals surface area contributed by atoms with Crippen molar-refractivity contribution >= 4 is 17.2 Å². The second-order valence-electron chi connectivity index (χ2n) is 6.85. The average molecular weight is 351 g/mol. The molecule has 3 aromatic heterocycles. The van der Waals surface area contributed by atoms with Crippen LogP contribution in [-0.4, -0.2) is 57.4 Å².